The first-order valence-electron chi connectivity index (χ1n) is 9.21. The van der Waals surface area contributed by atoms with E-state index in [-0.39, 0.29) is 30.1 Å². The van der Waals surface area contributed by atoms with Gasteiger partial charge in [0.2, 0.25) is 0 Å². The minimum absolute atomic E-state index is 0.0324. The Morgan fingerprint density at radius 1 is 0.957 bits per heavy atom. The van der Waals surface area contributed by atoms with E-state index in [4.69, 9.17) is 9.47 Å². The van der Waals surface area contributed by atoms with Crippen LogP contribution in [0.3, 0.4) is 0 Å². The lowest BCUT2D eigenvalue weighted by Crippen LogP contribution is -2.47. The molecule has 23 heavy (non-hydrogen) atoms. The van der Waals surface area contributed by atoms with Crippen LogP contribution in [0.4, 0.5) is 0 Å². The van der Waals surface area contributed by atoms with Crippen LogP contribution in [0.5, 0.6) is 0 Å². The Balaban J connectivity index is 3.20. The van der Waals surface area contributed by atoms with E-state index in [1.807, 2.05) is 27.7 Å². The second-order valence-electron chi connectivity index (χ2n) is 7.36. The van der Waals surface area contributed by atoms with Crippen LogP contribution in [0.25, 0.3) is 0 Å². The quantitative estimate of drug-likeness (QED) is 0.487. The maximum Gasteiger partial charge on any atom is 0.324 e. The van der Waals surface area contributed by atoms with Crippen molar-refractivity contribution in [2.24, 2.45) is 17.3 Å². The van der Waals surface area contributed by atoms with Crippen LogP contribution in [0.15, 0.2) is 0 Å². The Morgan fingerprint density at radius 2 is 1.43 bits per heavy atom. The summed E-state index contributed by atoms with van der Waals surface area (Å²) in [5.74, 6) is -0.324. The highest BCUT2D eigenvalue weighted by Crippen LogP contribution is 2.52. The lowest BCUT2D eigenvalue weighted by molar-refractivity contribution is -0.181. The Morgan fingerprint density at radius 3 is 1.83 bits per heavy atom. The average molecular weight is 326 g/mol. The van der Waals surface area contributed by atoms with Crippen molar-refractivity contribution < 1.29 is 19.1 Å². The molecule has 1 saturated carbocycles. The minimum atomic E-state index is -1.11. The van der Waals surface area contributed by atoms with Gasteiger partial charge in [-0.25, -0.2) is 0 Å². The summed E-state index contributed by atoms with van der Waals surface area (Å²) in [6.45, 7) is 11.6. The molecule has 1 aliphatic rings. The largest absolute Gasteiger partial charge is 0.462 e. The first kappa shape index (κ1) is 20.0. The first-order valence-corrected chi connectivity index (χ1v) is 9.21. The topological polar surface area (TPSA) is 52.6 Å². The molecule has 0 bridgehead atoms. The molecule has 0 amide bonds. The van der Waals surface area contributed by atoms with Crippen molar-refractivity contribution in [1.29, 1.82) is 0 Å². The van der Waals surface area contributed by atoms with Gasteiger partial charge in [0.25, 0.3) is 0 Å². The normalized spacial score (nSPS) is 23.3. The third kappa shape index (κ3) is 4.48. The number of carbonyl (C=O) groups is 2. The number of rotatable bonds is 8. The minimum Gasteiger partial charge on any atom is -0.462 e. The van der Waals surface area contributed by atoms with Crippen LogP contribution < -0.4 is 0 Å². The monoisotopic (exact) mass is 326 g/mol. The van der Waals surface area contributed by atoms with Crippen LogP contribution in [-0.2, 0) is 19.1 Å². The highest BCUT2D eigenvalue weighted by Gasteiger charge is 2.60. The smallest absolute Gasteiger partial charge is 0.324 e. The lowest BCUT2D eigenvalue weighted by atomic mass is 9.72. The second-order valence-corrected chi connectivity index (χ2v) is 7.36. The number of carbonyl (C=O) groups excluding carboxylic acids is 2. The fraction of sp³-hybridized carbons (Fsp3) is 0.895. The van der Waals surface area contributed by atoms with Crippen molar-refractivity contribution in [2.75, 3.05) is 0 Å². The summed E-state index contributed by atoms with van der Waals surface area (Å²) >= 11 is 0. The number of ether oxygens (including phenoxy) is 2. The van der Waals surface area contributed by atoms with Crippen LogP contribution in [0.2, 0.25) is 0 Å². The molecule has 0 N–H and O–H groups in total. The third-order valence-corrected chi connectivity index (χ3v) is 4.78. The van der Waals surface area contributed by atoms with Crippen molar-refractivity contribution in [3.8, 4) is 0 Å². The van der Waals surface area contributed by atoms with E-state index in [9.17, 15) is 9.59 Å². The van der Waals surface area contributed by atoms with E-state index in [0.29, 0.717) is 12.3 Å². The van der Waals surface area contributed by atoms with Crippen LogP contribution in [0, 0.1) is 17.3 Å². The van der Waals surface area contributed by atoms with E-state index in [0.717, 1.165) is 32.1 Å². The standard InChI is InChI=1S/C19H34O4/c1-7-9-15-11-12-19(16(15)10-8-2,17(20)22-13(3)4)18(21)23-14(5)6/h13-16H,7-12H2,1-6H3. The Bertz CT molecular complexity index is 378. The fourth-order valence-corrected chi connectivity index (χ4v) is 3.94. The number of hydrogen-bond donors (Lipinski definition) is 0. The molecule has 0 radical (unpaired) electrons. The first-order chi connectivity index (χ1) is 10.8. The predicted octanol–water partition coefficient (Wildman–Crippen LogP) is 4.50. The van der Waals surface area contributed by atoms with E-state index in [1.165, 1.54) is 0 Å². The molecule has 0 heterocycles. The van der Waals surface area contributed by atoms with Gasteiger partial charge in [-0.2, -0.15) is 0 Å². The Labute approximate surface area is 141 Å². The van der Waals surface area contributed by atoms with Crippen molar-refractivity contribution in [3.05, 3.63) is 0 Å². The highest BCUT2D eigenvalue weighted by molar-refractivity contribution is 6.01. The van der Waals surface area contributed by atoms with E-state index < -0.39 is 5.41 Å². The van der Waals surface area contributed by atoms with Gasteiger partial charge in [-0.05, 0) is 58.8 Å². The van der Waals surface area contributed by atoms with Crippen molar-refractivity contribution >= 4 is 11.9 Å². The van der Waals surface area contributed by atoms with E-state index in [1.54, 1.807) is 0 Å². The summed E-state index contributed by atoms with van der Waals surface area (Å²) in [4.78, 5) is 25.8. The maximum absolute atomic E-state index is 12.9. The maximum atomic E-state index is 12.9. The molecule has 1 aliphatic carbocycles. The SMILES string of the molecule is CCCC1CCC(C(=O)OC(C)C)(C(=O)OC(C)C)C1CCC. The van der Waals surface area contributed by atoms with Crippen molar-refractivity contribution in [3.63, 3.8) is 0 Å². The molecule has 0 spiro atoms. The lowest BCUT2D eigenvalue weighted by Gasteiger charge is -2.34. The van der Waals surface area contributed by atoms with Crippen molar-refractivity contribution in [1.82, 2.24) is 0 Å². The molecular weight excluding hydrogens is 292 g/mol. The zero-order valence-electron chi connectivity index (χ0n) is 15.7. The van der Waals surface area contributed by atoms with Gasteiger partial charge in [-0.3, -0.25) is 9.59 Å². The van der Waals surface area contributed by atoms with Crippen LogP contribution >= 0.6 is 0 Å². The Hall–Kier alpha value is -1.06. The molecule has 0 aromatic rings. The van der Waals surface area contributed by atoms with Gasteiger partial charge >= 0.3 is 11.9 Å². The molecule has 1 rings (SSSR count). The summed E-state index contributed by atoms with van der Waals surface area (Å²) in [5, 5.41) is 0. The van der Waals surface area contributed by atoms with Gasteiger partial charge in [0.1, 0.15) is 0 Å². The summed E-state index contributed by atoms with van der Waals surface area (Å²) in [5.41, 5.74) is -1.11. The Kier molecular flexibility index (Phi) is 7.56. The highest BCUT2D eigenvalue weighted by atomic mass is 16.6. The van der Waals surface area contributed by atoms with Gasteiger partial charge in [0, 0.05) is 0 Å². The third-order valence-electron chi connectivity index (χ3n) is 4.78. The molecule has 1 fully saturated rings. The molecular formula is C19H34O4. The van der Waals surface area contributed by atoms with E-state index >= 15 is 0 Å². The zero-order chi connectivity index (χ0) is 17.6. The van der Waals surface area contributed by atoms with Crippen LogP contribution in [0.1, 0.15) is 80.1 Å². The van der Waals surface area contributed by atoms with Gasteiger partial charge in [-0.1, -0.05) is 33.1 Å². The molecule has 4 nitrogen and oxygen atoms in total. The summed E-state index contributed by atoms with van der Waals surface area (Å²) < 4.78 is 11.0. The predicted molar refractivity (Wildman–Crippen MR) is 90.9 cm³/mol. The van der Waals surface area contributed by atoms with Crippen LogP contribution in [-0.4, -0.2) is 24.1 Å². The van der Waals surface area contributed by atoms with Gasteiger partial charge in [0.05, 0.1) is 12.2 Å². The summed E-state index contributed by atoms with van der Waals surface area (Å²) in [6.07, 6.45) is 4.95. The second kappa shape index (κ2) is 8.70. The van der Waals surface area contributed by atoms with Gasteiger partial charge in [0.15, 0.2) is 5.41 Å². The van der Waals surface area contributed by atoms with Crippen molar-refractivity contribution in [2.45, 2.75) is 92.3 Å². The molecule has 134 valence electrons. The molecule has 0 saturated heterocycles. The average Bonchev–Trinajstić information content (AvgIpc) is 2.78. The summed E-state index contributed by atoms with van der Waals surface area (Å²) in [6, 6.07) is 0. The number of hydrogen-bond acceptors (Lipinski definition) is 4. The molecule has 0 aromatic heterocycles. The fourth-order valence-electron chi connectivity index (χ4n) is 3.94. The van der Waals surface area contributed by atoms with E-state index in [2.05, 4.69) is 13.8 Å². The number of esters is 2. The zero-order valence-corrected chi connectivity index (χ0v) is 15.7. The molecule has 2 atom stereocenters. The van der Waals surface area contributed by atoms with Gasteiger partial charge in [-0.15, -0.1) is 0 Å². The summed E-state index contributed by atoms with van der Waals surface area (Å²) in [7, 11) is 0. The molecule has 0 aromatic carbocycles. The molecule has 2 unspecified atom stereocenters. The van der Waals surface area contributed by atoms with Gasteiger partial charge < -0.3 is 9.47 Å². The molecule has 0 aliphatic heterocycles. The molecule has 4 heteroatoms.